The number of hydrogen-bond donors (Lipinski definition) is 1. The summed E-state index contributed by atoms with van der Waals surface area (Å²) in [6.07, 6.45) is 1.36. The maximum atomic E-state index is 11.6. The van der Waals surface area contributed by atoms with Crippen molar-refractivity contribution in [2.75, 3.05) is 11.9 Å². The normalized spacial score (nSPS) is 15.7. The van der Waals surface area contributed by atoms with E-state index in [1.807, 2.05) is 25.1 Å². The van der Waals surface area contributed by atoms with Crippen molar-refractivity contribution < 1.29 is 14.7 Å². The molecule has 0 bridgehead atoms. The fourth-order valence-electron chi connectivity index (χ4n) is 2.42. The number of carbonyl (C=O) groups is 2. The third kappa shape index (κ3) is 2.53. The van der Waals surface area contributed by atoms with Crippen LogP contribution in [-0.4, -0.2) is 24.0 Å². The average molecular weight is 247 g/mol. The van der Waals surface area contributed by atoms with Crippen LogP contribution in [-0.2, 0) is 22.4 Å². The van der Waals surface area contributed by atoms with Gasteiger partial charge in [-0.25, -0.2) is 0 Å². The first-order valence-corrected chi connectivity index (χ1v) is 6.07. The third-order valence-electron chi connectivity index (χ3n) is 3.33. The molecule has 1 N–H and O–H groups in total. The number of nitrogens with zero attached hydrogens (tertiary/aromatic N) is 1. The van der Waals surface area contributed by atoms with Gasteiger partial charge in [-0.05, 0) is 29.5 Å². The zero-order valence-corrected chi connectivity index (χ0v) is 10.6. The second-order valence-electron chi connectivity index (χ2n) is 5.00. The number of amides is 1. The molecule has 1 unspecified atom stereocenters. The van der Waals surface area contributed by atoms with E-state index in [0.29, 0.717) is 6.42 Å². The van der Waals surface area contributed by atoms with Crippen LogP contribution < -0.4 is 4.90 Å². The number of hydrogen-bond acceptors (Lipinski definition) is 2. The highest BCUT2D eigenvalue weighted by Crippen LogP contribution is 2.29. The number of aliphatic carboxylic acids is 1. The highest BCUT2D eigenvalue weighted by molar-refractivity contribution is 6.00. The number of rotatable bonds is 4. The second-order valence-corrected chi connectivity index (χ2v) is 5.00. The SMILES string of the molecule is CC(CC(=O)O)Cc1ccc2c(c1)CC(=O)N2C. The Balaban J connectivity index is 2.11. The van der Waals surface area contributed by atoms with E-state index in [9.17, 15) is 9.59 Å². The maximum absolute atomic E-state index is 11.6. The van der Waals surface area contributed by atoms with Gasteiger partial charge in [-0.1, -0.05) is 19.1 Å². The van der Waals surface area contributed by atoms with Gasteiger partial charge in [0.2, 0.25) is 5.91 Å². The predicted octanol–water partition coefficient (Wildman–Crippen LogP) is 1.86. The fraction of sp³-hybridized carbons (Fsp3) is 0.429. The van der Waals surface area contributed by atoms with Gasteiger partial charge in [0.05, 0.1) is 6.42 Å². The Kier molecular flexibility index (Phi) is 3.36. The van der Waals surface area contributed by atoms with Crippen molar-refractivity contribution in [3.8, 4) is 0 Å². The first kappa shape index (κ1) is 12.6. The Morgan fingerprint density at radius 2 is 2.22 bits per heavy atom. The minimum atomic E-state index is -0.765. The van der Waals surface area contributed by atoms with Gasteiger partial charge in [0, 0.05) is 19.2 Å². The van der Waals surface area contributed by atoms with Crippen LogP contribution >= 0.6 is 0 Å². The van der Waals surface area contributed by atoms with Gasteiger partial charge in [0.15, 0.2) is 0 Å². The lowest BCUT2D eigenvalue weighted by Crippen LogP contribution is -2.20. The van der Waals surface area contributed by atoms with Gasteiger partial charge in [0.1, 0.15) is 0 Å². The van der Waals surface area contributed by atoms with Crippen molar-refractivity contribution in [1.29, 1.82) is 0 Å². The first-order chi connectivity index (χ1) is 8.47. The maximum Gasteiger partial charge on any atom is 0.303 e. The Hall–Kier alpha value is -1.84. The van der Waals surface area contributed by atoms with Crippen molar-refractivity contribution in [3.63, 3.8) is 0 Å². The fourth-order valence-corrected chi connectivity index (χ4v) is 2.42. The Bertz CT molecular complexity index is 496. The molecule has 4 heteroatoms. The molecule has 0 aliphatic carbocycles. The molecule has 1 aromatic rings. The summed E-state index contributed by atoms with van der Waals surface area (Å²) >= 11 is 0. The van der Waals surface area contributed by atoms with Crippen LogP contribution in [0.2, 0.25) is 0 Å². The van der Waals surface area contributed by atoms with E-state index in [1.165, 1.54) is 0 Å². The van der Waals surface area contributed by atoms with Gasteiger partial charge < -0.3 is 10.0 Å². The quantitative estimate of drug-likeness (QED) is 0.883. The summed E-state index contributed by atoms with van der Waals surface area (Å²) < 4.78 is 0. The molecule has 1 amide bonds. The molecule has 2 rings (SSSR count). The van der Waals surface area contributed by atoms with Crippen LogP contribution in [0.1, 0.15) is 24.5 Å². The summed E-state index contributed by atoms with van der Waals surface area (Å²) in [5.74, 6) is -0.547. The van der Waals surface area contributed by atoms with E-state index in [1.54, 1.807) is 11.9 Å². The molecule has 0 spiro atoms. The number of carboxylic acid groups (broad SMARTS) is 1. The molecule has 0 radical (unpaired) electrons. The molecular formula is C14H17NO3. The zero-order chi connectivity index (χ0) is 13.3. The van der Waals surface area contributed by atoms with Crippen LogP contribution in [0.3, 0.4) is 0 Å². The van der Waals surface area contributed by atoms with Crippen LogP contribution in [0, 0.1) is 5.92 Å². The van der Waals surface area contributed by atoms with Crippen LogP contribution in [0.4, 0.5) is 5.69 Å². The van der Waals surface area contributed by atoms with Gasteiger partial charge in [0.25, 0.3) is 0 Å². The number of benzene rings is 1. The van der Waals surface area contributed by atoms with Gasteiger partial charge in [-0.2, -0.15) is 0 Å². The lowest BCUT2D eigenvalue weighted by atomic mass is 9.96. The Morgan fingerprint density at radius 1 is 1.50 bits per heavy atom. The molecule has 96 valence electrons. The monoisotopic (exact) mass is 247 g/mol. The number of anilines is 1. The number of carboxylic acids is 1. The number of likely N-dealkylation sites (N-methyl/N-ethyl adjacent to an activating group) is 1. The molecule has 0 saturated carbocycles. The van der Waals surface area contributed by atoms with Crippen molar-refractivity contribution >= 4 is 17.6 Å². The highest BCUT2D eigenvalue weighted by Gasteiger charge is 2.24. The third-order valence-corrected chi connectivity index (χ3v) is 3.33. The highest BCUT2D eigenvalue weighted by atomic mass is 16.4. The van der Waals surface area contributed by atoms with Gasteiger partial charge in [-0.15, -0.1) is 0 Å². The van der Waals surface area contributed by atoms with E-state index in [2.05, 4.69) is 0 Å². The Labute approximate surface area is 106 Å². The molecule has 0 saturated heterocycles. The standard InChI is InChI=1S/C14H17NO3/c1-9(6-14(17)18)5-10-3-4-12-11(7-10)8-13(16)15(12)2/h3-4,7,9H,5-6,8H2,1-2H3,(H,17,18). The number of carbonyl (C=O) groups excluding carboxylic acids is 1. The second kappa shape index (κ2) is 4.80. The molecule has 1 heterocycles. The lowest BCUT2D eigenvalue weighted by molar-refractivity contribution is -0.137. The van der Waals surface area contributed by atoms with Crippen LogP contribution in [0.15, 0.2) is 18.2 Å². The van der Waals surface area contributed by atoms with Gasteiger partial charge in [-0.3, -0.25) is 9.59 Å². The minimum Gasteiger partial charge on any atom is -0.481 e. The van der Waals surface area contributed by atoms with E-state index in [0.717, 1.165) is 23.2 Å². The summed E-state index contributed by atoms with van der Waals surface area (Å²) in [5, 5.41) is 8.73. The van der Waals surface area contributed by atoms with Crippen molar-refractivity contribution in [3.05, 3.63) is 29.3 Å². The number of fused-ring (bicyclic) bond motifs is 1. The molecule has 18 heavy (non-hydrogen) atoms. The Morgan fingerprint density at radius 3 is 2.89 bits per heavy atom. The molecule has 0 fully saturated rings. The molecule has 0 aromatic heterocycles. The summed E-state index contributed by atoms with van der Waals surface area (Å²) in [6.45, 7) is 1.93. The molecule has 1 aromatic carbocycles. The minimum absolute atomic E-state index is 0.107. The average Bonchev–Trinajstić information content (AvgIpc) is 2.53. The smallest absolute Gasteiger partial charge is 0.303 e. The summed E-state index contributed by atoms with van der Waals surface area (Å²) in [7, 11) is 1.78. The molecular weight excluding hydrogens is 230 g/mol. The van der Waals surface area contributed by atoms with Crippen molar-refractivity contribution in [2.45, 2.75) is 26.2 Å². The molecule has 1 atom stereocenters. The summed E-state index contributed by atoms with van der Waals surface area (Å²) in [5.41, 5.74) is 3.11. The molecule has 4 nitrogen and oxygen atoms in total. The molecule has 1 aliphatic heterocycles. The van der Waals surface area contributed by atoms with Crippen molar-refractivity contribution in [2.24, 2.45) is 5.92 Å². The largest absolute Gasteiger partial charge is 0.481 e. The van der Waals surface area contributed by atoms with E-state index < -0.39 is 5.97 Å². The topological polar surface area (TPSA) is 57.6 Å². The zero-order valence-electron chi connectivity index (χ0n) is 10.6. The van der Waals surface area contributed by atoms with E-state index in [4.69, 9.17) is 5.11 Å². The predicted molar refractivity (Wildman–Crippen MR) is 68.7 cm³/mol. The summed E-state index contributed by atoms with van der Waals surface area (Å²) in [4.78, 5) is 23.8. The molecule has 1 aliphatic rings. The summed E-state index contributed by atoms with van der Waals surface area (Å²) in [6, 6.07) is 5.95. The van der Waals surface area contributed by atoms with E-state index >= 15 is 0 Å². The van der Waals surface area contributed by atoms with E-state index in [-0.39, 0.29) is 18.2 Å². The first-order valence-electron chi connectivity index (χ1n) is 6.07. The van der Waals surface area contributed by atoms with Gasteiger partial charge >= 0.3 is 5.97 Å². The van der Waals surface area contributed by atoms with Crippen LogP contribution in [0.25, 0.3) is 0 Å². The lowest BCUT2D eigenvalue weighted by Gasteiger charge is -2.12. The van der Waals surface area contributed by atoms with Crippen molar-refractivity contribution in [1.82, 2.24) is 0 Å². The van der Waals surface area contributed by atoms with Crippen LogP contribution in [0.5, 0.6) is 0 Å².